The van der Waals surface area contributed by atoms with Crippen LogP contribution in [0, 0.1) is 20.8 Å². The van der Waals surface area contributed by atoms with E-state index < -0.39 is 0 Å². The van der Waals surface area contributed by atoms with E-state index in [-0.39, 0.29) is 0 Å². The molecule has 0 aliphatic carbocycles. The first-order chi connectivity index (χ1) is 11.0. The minimum atomic E-state index is 0.777. The van der Waals surface area contributed by atoms with Crippen molar-refractivity contribution in [3.63, 3.8) is 0 Å². The molecule has 0 atom stereocenters. The summed E-state index contributed by atoms with van der Waals surface area (Å²) in [7, 11) is 3.34. The first-order valence-electron chi connectivity index (χ1n) is 7.39. The summed E-state index contributed by atoms with van der Waals surface area (Å²) >= 11 is 1.61. The highest BCUT2D eigenvalue weighted by Crippen LogP contribution is 2.40. The van der Waals surface area contributed by atoms with E-state index in [0.29, 0.717) is 0 Å². The number of nitrogens with zero attached hydrogens (tertiary/aromatic N) is 2. The Morgan fingerprint density at radius 2 is 1.52 bits per heavy atom. The van der Waals surface area contributed by atoms with Crippen LogP contribution in [-0.2, 0) is 0 Å². The number of aryl methyl sites for hydroxylation is 3. The van der Waals surface area contributed by atoms with Gasteiger partial charge in [-0.05, 0) is 50.6 Å². The van der Waals surface area contributed by atoms with E-state index in [1.54, 1.807) is 25.6 Å². The van der Waals surface area contributed by atoms with Gasteiger partial charge in [-0.3, -0.25) is 4.57 Å². The molecule has 0 saturated carbocycles. The fourth-order valence-electron chi connectivity index (χ4n) is 2.75. The monoisotopic (exact) mass is 328 g/mol. The Morgan fingerprint density at radius 1 is 0.957 bits per heavy atom. The molecule has 0 aliphatic heterocycles. The molecule has 5 heteroatoms. The van der Waals surface area contributed by atoms with Gasteiger partial charge < -0.3 is 9.47 Å². The van der Waals surface area contributed by atoms with Crippen LogP contribution < -0.4 is 9.47 Å². The lowest BCUT2D eigenvalue weighted by molar-refractivity contribution is 0.396. The van der Waals surface area contributed by atoms with Gasteiger partial charge in [0, 0.05) is 16.8 Å². The van der Waals surface area contributed by atoms with Crippen LogP contribution in [0.5, 0.6) is 11.5 Å². The number of ether oxygens (including phenoxy) is 2. The third-order valence-electron chi connectivity index (χ3n) is 3.86. The Morgan fingerprint density at radius 3 is 2.04 bits per heavy atom. The Kier molecular flexibility index (Phi) is 4.13. The second kappa shape index (κ2) is 6.08. The van der Waals surface area contributed by atoms with Crippen molar-refractivity contribution in [2.45, 2.75) is 20.8 Å². The van der Waals surface area contributed by atoms with Crippen LogP contribution in [0.2, 0.25) is 0 Å². The second-order valence-electron chi connectivity index (χ2n) is 5.51. The molecule has 2 heterocycles. The molecule has 3 aromatic rings. The summed E-state index contributed by atoms with van der Waals surface area (Å²) in [6.45, 7) is 6.19. The van der Waals surface area contributed by atoms with Crippen molar-refractivity contribution in [1.82, 2.24) is 9.55 Å². The normalized spacial score (nSPS) is 10.8. The van der Waals surface area contributed by atoms with E-state index in [4.69, 9.17) is 14.5 Å². The average molecular weight is 328 g/mol. The summed E-state index contributed by atoms with van der Waals surface area (Å²) in [5.74, 6) is 1.55. The van der Waals surface area contributed by atoms with Gasteiger partial charge in [0.05, 0.1) is 25.5 Å². The third kappa shape index (κ3) is 2.72. The molecule has 2 aromatic heterocycles. The number of methoxy groups -OCH3 is 2. The molecule has 0 fully saturated rings. The zero-order valence-electron chi connectivity index (χ0n) is 14.0. The van der Waals surface area contributed by atoms with Crippen LogP contribution in [0.3, 0.4) is 0 Å². The van der Waals surface area contributed by atoms with Gasteiger partial charge in [-0.15, -0.1) is 11.3 Å². The molecule has 4 nitrogen and oxygen atoms in total. The lowest BCUT2D eigenvalue weighted by atomic mass is 10.1. The minimum absolute atomic E-state index is 0.777. The molecule has 0 spiro atoms. The quantitative estimate of drug-likeness (QED) is 0.705. The summed E-state index contributed by atoms with van der Waals surface area (Å²) in [6, 6.07) is 8.21. The SMILES string of the molecule is COc1cc(C)cc(OC)c1-c1csc(-n2c(C)ccc2C)n1. The molecular formula is C18H20N2O2S. The lowest BCUT2D eigenvalue weighted by Gasteiger charge is -2.12. The zero-order valence-corrected chi connectivity index (χ0v) is 14.8. The maximum Gasteiger partial charge on any atom is 0.194 e. The van der Waals surface area contributed by atoms with Crippen LogP contribution in [0.25, 0.3) is 16.4 Å². The lowest BCUT2D eigenvalue weighted by Crippen LogP contribution is -1.99. The number of rotatable bonds is 4. The fourth-order valence-corrected chi connectivity index (χ4v) is 3.68. The highest BCUT2D eigenvalue weighted by molar-refractivity contribution is 7.12. The molecule has 0 amide bonds. The van der Waals surface area contributed by atoms with Crippen molar-refractivity contribution >= 4 is 11.3 Å². The summed E-state index contributed by atoms with van der Waals surface area (Å²) in [4.78, 5) is 4.81. The Bertz CT molecular complexity index is 804. The Balaban J connectivity index is 2.14. The van der Waals surface area contributed by atoms with Crippen molar-refractivity contribution < 1.29 is 9.47 Å². The number of thiazole rings is 1. The summed E-state index contributed by atoms with van der Waals surface area (Å²) in [6.07, 6.45) is 0. The van der Waals surface area contributed by atoms with E-state index in [1.807, 2.05) is 24.4 Å². The predicted octanol–water partition coefficient (Wildman–Crippen LogP) is 4.54. The van der Waals surface area contributed by atoms with Gasteiger partial charge in [0.15, 0.2) is 5.13 Å². The van der Waals surface area contributed by atoms with Gasteiger partial charge in [-0.1, -0.05) is 0 Å². The van der Waals surface area contributed by atoms with E-state index in [2.05, 4.69) is 30.5 Å². The highest BCUT2D eigenvalue weighted by Gasteiger charge is 2.18. The molecule has 0 aliphatic rings. The number of aromatic nitrogens is 2. The molecule has 0 radical (unpaired) electrons. The molecule has 0 saturated heterocycles. The zero-order chi connectivity index (χ0) is 16.6. The van der Waals surface area contributed by atoms with Crippen LogP contribution in [0.4, 0.5) is 0 Å². The van der Waals surface area contributed by atoms with Crippen LogP contribution in [0.15, 0.2) is 29.6 Å². The number of hydrogen-bond donors (Lipinski definition) is 0. The van der Waals surface area contributed by atoms with E-state index in [1.165, 1.54) is 11.4 Å². The molecule has 3 rings (SSSR count). The molecule has 1 aromatic carbocycles. The van der Waals surface area contributed by atoms with Crippen LogP contribution in [-0.4, -0.2) is 23.8 Å². The molecule has 0 N–H and O–H groups in total. The smallest absolute Gasteiger partial charge is 0.194 e. The number of hydrogen-bond acceptors (Lipinski definition) is 4. The van der Waals surface area contributed by atoms with Crippen molar-refractivity contribution in [3.05, 3.63) is 46.6 Å². The van der Waals surface area contributed by atoms with E-state index in [0.717, 1.165) is 33.5 Å². The standard InChI is InChI=1S/C18H20N2O2S/c1-11-8-15(21-4)17(16(9-11)22-5)14-10-23-18(19-14)20-12(2)6-7-13(20)3/h6-10H,1-5H3. The van der Waals surface area contributed by atoms with Crippen LogP contribution >= 0.6 is 11.3 Å². The molecular weight excluding hydrogens is 308 g/mol. The third-order valence-corrected chi connectivity index (χ3v) is 4.69. The van der Waals surface area contributed by atoms with Gasteiger partial charge in [-0.25, -0.2) is 4.98 Å². The molecule has 120 valence electrons. The Labute approximate surface area is 140 Å². The van der Waals surface area contributed by atoms with Crippen LogP contribution in [0.1, 0.15) is 17.0 Å². The van der Waals surface area contributed by atoms with Gasteiger partial charge in [0.2, 0.25) is 0 Å². The molecule has 0 bridgehead atoms. The predicted molar refractivity (Wildman–Crippen MR) is 94.2 cm³/mol. The van der Waals surface area contributed by atoms with Crippen molar-refractivity contribution in [2.75, 3.05) is 14.2 Å². The molecule has 23 heavy (non-hydrogen) atoms. The Hall–Kier alpha value is -2.27. The summed E-state index contributed by atoms with van der Waals surface area (Å²) in [5, 5.41) is 2.99. The number of benzene rings is 1. The van der Waals surface area contributed by atoms with E-state index in [9.17, 15) is 0 Å². The topological polar surface area (TPSA) is 36.3 Å². The van der Waals surface area contributed by atoms with Crippen molar-refractivity contribution in [2.24, 2.45) is 0 Å². The largest absolute Gasteiger partial charge is 0.496 e. The maximum absolute atomic E-state index is 5.55. The summed E-state index contributed by atoms with van der Waals surface area (Å²) < 4.78 is 13.3. The van der Waals surface area contributed by atoms with Crippen molar-refractivity contribution in [1.29, 1.82) is 0 Å². The first kappa shape index (κ1) is 15.6. The average Bonchev–Trinajstić information content (AvgIpc) is 3.12. The van der Waals surface area contributed by atoms with E-state index >= 15 is 0 Å². The molecule has 0 unspecified atom stereocenters. The van der Waals surface area contributed by atoms with Gasteiger partial charge in [0.1, 0.15) is 11.5 Å². The fraction of sp³-hybridized carbons (Fsp3) is 0.278. The van der Waals surface area contributed by atoms with Gasteiger partial charge >= 0.3 is 0 Å². The van der Waals surface area contributed by atoms with Crippen molar-refractivity contribution in [3.8, 4) is 27.9 Å². The second-order valence-corrected chi connectivity index (χ2v) is 6.35. The van der Waals surface area contributed by atoms with Gasteiger partial charge in [-0.2, -0.15) is 0 Å². The van der Waals surface area contributed by atoms with Gasteiger partial charge in [0.25, 0.3) is 0 Å². The minimum Gasteiger partial charge on any atom is -0.496 e. The first-order valence-corrected chi connectivity index (χ1v) is 8.27. The maximum atomic E-state index is 5.55. The highest BCUT2D eigenvalue weighted by atomic mass is 32.1. The summed E-state index contributed by atoms with van der Waals surface area (Å²) in [5.41, 5.74) is 5.20.